The second kappa shape index (κ2) is 11.1. The zero-order valence-electron chi connectivity index (χ0n) is 23.2. The first-order valence-electron chi connectivity index (χ1n) is 14.1. The number of fused-ring (bicyclic) bond motifs is 1. The van der Waals surface area contributed by atoms with Gasteiger partial charge in [0.15, 0.2) is 0 Å². The quantitative estimate of drug-likeness (QED) is 0.293. The number of hydrogen-bond acceptors (Lipinski definition) is 9. The zero-order chi connectivity index (χ0) is 29.5. The summed E-state index contributed by atoms with van der Waals surface area (Å²) >= 11 is 0. The lowest BCUT2D eigenvalue weighted by Gasteiger charge is -2.28. The molecule has 11 nitrogen and oxygen atoms in total. The van der Waals surface area contributed by atoms with Gasteiger partial charge in [0.2, 0.25) is 0 Å². The van der Waals surface area contributed by atoms with Crippen molar-refractivity contribution in [3.8, 4) is 12.1 Å². The van der Waals surface area contributed by atoms with E-state index in [1.165, 1.54) is 23.3 Å². The molecule has 3 aliphatic rings. The van der Waals surface area contributed by atoms with Crippen molar-refractivity contribution < 1.29 is 23.8 Å². The van der Waals surface area contributed by atoms with E-state index in [0.717, 1.165) is 61.9 Å². The predicted octanol–water partition coefficient (Wildman–Crippen LogP) is 3.54. The second-order valence-electron chi connectivity index (χ2n) is 11.0. The first kappa shape index (κ1) is 27.0. The summed E-state index contributed by atoms with van der Waals surface area (Å²) in [7, 11) is 0. The molecular formula is C31H28FN7O4. The molecule has 2 aromatic heterocycles. The third-order valence-electron chi connectivity index (χ3n) is 8.19. The molecule has 1 N–H and O–H groups in total. The fraction of sp³-hybridized carbons (Fsp3) is 0.323. The van der Waals surface area contributed by atoms with Gasteiger partial charge in [-0.1, -0.05) is 6.07 Å². The van der Waals surface area contributed by atoms with Gasteiger partial charge in [-0.05, 0) is 54.0 Å². The molecule has 3 aliphatic heterocycles. The summed E-state index contributed by atoms with van der Waals surface area (Å²) in [5.41, 5.74) is 5.12. The maximum atomic E-state index is 14.2. The highest BCUT2D eigenvalue weighted by Crippen LogP contribution is 2.31. The van der Waals surface area contributed by atoms with E-state index in [-0.39, 0.29) is 29.8 Å². The number of aromatic nitrogens is 4. The van der Waals surface area contributed by atoms with Crippen LogP contribution in [0.25, 0.3) is 11.0 Å². The number of imidazole rings is 1. The normalized spacial score (nSPS) is 18.1. The van der Waals surface area contributed by atoms with E-state index in [2.05, 4.69) is 24.3 Å². The molecular weight excluding hydrogens is 553 g/mol. The van der Waals surface area contributed by atoms with Gasteiger partial charge in [-0.2, -0.15) is 10.2 Å². The van der Waals surface area contributed by atoms with Crippen molar-refractivity contribution in [2.45, 2.75) is 32.2 Å². The van der Waals surface area contributed by atoms with Crippen LogP contribution in [0.5, 0.6) is 6.01 Å². The molecule has 4 aromatic rings. The van der Waals surface area contributed by atoms with Gasteiger partial charge in [0.1, 0.15) is 24.1 Å². The van der Waals surface area contributed by atoms with Gasteiger partial charge in [0.25, 0.3) is 0 Å². The summed E-state index contributed by atoms with van der Waals surface area (Å²) in [5, 5.41) is 18.4. The summed E-state index contributed by atoms with van der Waals surface area (Å²) in [5.74, 6) is 0.186. The minimum atomic E-state index is -0.955. The lowest BCUT2D eigenvalue weighted by Crippen LogP contribution is -2.33. The molecule has 1 saturated heterocycles. The van der Waals surface area contributed by atoms with Crippen LogP contribution in [0.15, 0.2) is 59.8 Å². The van der Waals surface area contributed by atoms with Crippen molar-refractivity contribution in [1.29, 1.82) is 5.26 Å². The minimum Gasteiger partial charge on any atom is -0.478 e. The zero-order valence-corrected chi connectivity index (χ0v) is 23.2. The fourth-order valence-corrected chi connectivity index (χ4v) is 5.85. The number of nitrogens with zero attached hydrogens (tertiary/aromatic N) is 7. The number of benzene rings is 2. The number of carbonyl (C=O) groups is 1. The smallest absolute Gasteiger partial charge is 0.335 e. The van der Waals surface area contributed by atoms with E-state index in [1.54, 1.807) is 30.5 Å². The van der Waals surface area contributed by atoms with Crippen LogP contribution in [-0.4, -0.2) is 74.4 Å². The van der Waals surface area contributed by atoms with Crippen LogP contribution in [0.1, 0.15) is 33.7 Å². The number of anilines is 1. The molecule has 7 rings (SSSR count). The Morgan fingerprint density at radius 2 is 1.93 bits per heavy atom. The molecule has 1 atom stereocenters. The highest BCUT2D eigenvalue weighted by molar-refractivity contribution is 5.92. The van der Waals surface area contributed by atoms with Crippen molar-refractivity contribution >= 4 is 22.8 Å². The number of aromatic carboxylic acids is 1. The monoisotopic (exact) mass is 581 g/mol. The summed E-state index contributed by atoms with van der Waals surface area (Å²) in [6, 6.07) is 13.3. The number of rotatable bonds is 9. The molecule has 0 spiro atoms. The summed E-state index contributed by atoms with van der Waals surface area (Å²) < 4.78 is 27.7. The number of ether oxygens (including phenoxy) is 2. The van der Waals surface area contributed by atoms with E-state index in [1.807, 2.05) is 12.1 Å². The molecule has 1 fully saturated rings. The van der Waals surface area contributed by atoms with E-state index in [9.17, 15) is 14.3 Å². The van der Waals surface area contributed by atoms with Gasteiger partial charge >= 0.3 is 12.0 Å². The molecule has 43 heavy (non-hydrogen) atoms. The topological polar surface area (TPSA) is 130 Å². The molecule has 218 valence electrons. The van der Waals surface area contributed by atoms with Crippen molar-refractivity contribution in [2.75, 3.05) is 37.7 Å². The molecule has 5 heterocycles. The van der Waals surface area contributed by atoms with Crippen molar-refractivity contribution in [1.82, 2.24) is 24.4 Å². The van der Waals surface area contributed by atoms with Crippen molar-refractivity contribution in [3.05, 3.63) is 88.1 Å². The van der Waals surface area contributed by atoms with Crippen molar-refractivity contribution in [2.24, 2.45) is 0 Å². The Morgan fingerprint density at radius 3 is 2.63 bits per heavy atom. The Morgan fingerprint density at radius 1 is 1.12 bits per heavy atom. The summed E-state index contributed by atoms with van der Waals surface area (Å²) in [4.78, 5) is 29.8. The van der Waals surface area contributed by atoms with E-state index >= 15 is 0 Å². The molecule has 0 radical (unpaired) electrons. The van der Waals surface area contributed by atoms with Gasteiger partial charge in [0, 0.05) is 44.5 Å². The van der Waals surface area contributed by atoms with E-state index < -0.39 is 11.8 Å². The van der Waals surface area contributed by atoms with Gasteiger partial charge in [-0.15, -0.1) is 0 Å². The molecule has 0 amide bonds. The average molecular weight is 582 g/mol. The Hall–Kier alpha value is -4.86. The maximum Gasteiger partial charge on any atom is 0.335 e. The molecule has 0 aliphatic carbocycles. The van der Waals surface area contributed by atoms with Gasteiger partial charge < -0.3 is 24.0 Å². The molecule has 0 saturated carbocycles. The third-order valence-corrected chi connectivity index (χ3v) is 8.19. The largest absolute Gasteiger partial charge is 0.478 e. The molecule has 0 unspecified atom stereocenters. The van der Waals surface area contributed by atoms with Crippen LogP contribution in [0.4, 0.5) is 10.2 Å². The summed E-state index contributed by atoms with van der Waals surface area (Å²) in [6.45, 7) is 5.10. The predicted molar refractivity (Wildman–Crippen MR) is 153 cm³/mol. The van der Waals surface area contributed by atoms with Crippen LogP contribution >= 0.6 is 0 Å². The van der Waals surface area contributed by atoms with Gasteiger partial charge in [-0.3, -0.25) is 4.90 Å². The Kier molecular flexibility index (Phi) is 6.96. The van der Waals surface area contributed by atoms with E-state index in [0.29, 0.717) is 18.7 Å². The number of carboxylic acids is 1. The van der Waals surface area contributed by atoms with E-state index in [4.69, 9.17) is 19.7 Å². The number of halogens is 1. The third kappa shape index (κ3) is 5.40. The van der Waals surface area contributed by atoms with Crippen LogP contribution in [0.2, 0.25) is 0 Å². The Labute approximate surface area is 246 Å². The number of hydrogen-bond donors (Lipinski definition) is 1. The first-order valence-corrected chi connectivity index (χ1v) is 14.1. The Bertz CT molecular complexity index is 1790. The molecule has 0 bridgehead atoms. The molecule has 12 heteroatoms. The molecule has 2 aromatic carbocycles. The minimum absolute atomic E-state index is 0.0417. The summed E-state index contributed by atoms with van der Waals surface area (Å²) in [6.07, 6.45) is 2.73. The second-order valence-corrected chi connectivity index (χ2v) is 11.0. The lowest BCUT2D eigenvalue weighted by molar-refractivity contribution is -0.0591. The fourth-order valence-electron chi connectivity index (χ4n) is 5.85. The van der Waals surface area contributed by atoms with Crippen LogP contribution in [-0.2, 0) is 24.4 Å². The first-order chi connectivity index (χ1) is 20.9. The van der Waals surface area contributed by atoms with Gasteiger partial charge in [-0.25, -0.2) is 19.2 Å². The average Bonchev–Trinajstić information content (AvgIpc) is 3.65. The maximum absolute atomic E-state index is 14.2. The Balaban J connectivity index is 1.00. The lowest BCUT2D eigenvalue weighted by atomic mass is 10.1. The van der Waals surface area contributed by atoms with Crippen LogP contribution in [0.3, 0.4) is 0 Å². The van der Waals surface area contributed by atoms with Gasteiger partial charge in [0.05, 0.1) is 47.4 Å². The van der Waals surface area contributed by atoms with Crippen LogP contribution in [0, 0.1) is 17.1 Å². The van der Waals surface area contributed by atoms with Crippen molar-refractivity contribution in [3.63, 3.8) is 0 Å². The standard InChI is InChI=1S/C31H28FN7O4/c32-25-9-19(11-33)1-2-21(25)18-43-31-34-7-5-28(36-31)38-14-22-12-37(13-23(22)15-38)17-29-35-26-4-3-20(30(40)41)10-27(26)39(29)16-24-6-8-42-24/h1-5,7,9-10,24H,6,8,12-18H2,(H,40,41)/t24-/m0/s1. The number of carboxylic acid groups (broad SMARTS) is 1. The SMILES string of the molecule is N#Cc1ccc(COc2nccc(N3CC4=C(CN(Cc5nc6ccc(C(=O)O)cc6n5C[C@@H]5CCO5)C4)C3)n2)c(F)c1. The highest BCUT2D eigenvalue weighted by Gasteiger charge is 2.32. The number of nitriles is 1. The van der Waals surface area contributed by atoms with Crippen LogP contribution < -0.4 is 9.64 Å². The highest BCUT2D eigenvalue weighted by atomic mass is 19.1.